The Labute approximate surface area is 128 Å². The summed E-state index contributed by atoms with van der Waals surface area (Å²) in [5.74, 6) is 0. The van der Waals surface area contributed by atoms with Crippen molar-refractivity contribution in [2.45, 2.75) is 25.1 Å². The monoisotopic (exact) mass is 359 g/mol. The minimum atomic E-state index is -4.37. The lowest BCUT2D eigenvalue weighted by Gasteiger charge is -2.16. The molecule has 0 aliphatic carbocycles. The Morgan fingerprint density at radius 2 is 2.10 bits per heavy atom. The number of aromatic nitrogens is 2. The summed E-state index contributed by atoms with van der Waals surface area (Å²) in [6.07, 6.45) is 0.910. The zero-order valence-electron chi connectivity index (χ0n) is 11.0. The summed E-state index contributed by atoms with van der Waals surface area (Å²) in [5.41, 5.74) is 0.669. The third-order valence-electron chi connectivity index (χ3n) is 3.57. The molecule has 0 saturated carbocycles. The minimum absolute atomic E-state index is 0.140. The number of halogens is 4. The van der Waals surface area contributed by atoms with Crippen molar-refractivity contribution in [3.8, 4) is 5.69 Å². The second kappa shape index (κ2) is 5.46. The van der Waals surface area contributed by atoms with E-state index in [2.05, 4.69) is 26.2 Å². The number of nitrogens with zero attached hydrogens (tertiary/aromatic N) is 2. The van der Waals surface area contributed by atoms with E-state index in [9.17, 15) is 13.2 Å². The van der Waals surface area contributed by atoms with Crippen LogP contribution in [0.3, 0.4) is 0 Å². The number of benzene rings is 1. The number of hydrogen-bond donors (Lipinski definition) is 1. The summed E-state index contributed by atoms with van der Waals surface area (Å²) in [6, 6.07) is 4.02. The first-order chi connectivity index (χ1) is 9.95. The van der Waals surface area contributed by atoms with Gasteiger partial charge in [0.1, 0.15) is 0 Å². The summed E-state index contributed by atoms with van der Waals surface area (Å²) in [5, 5.41) is 3.33. The Balaban J connectivity index is 2.05. The van der Waals surface area contributed by atoms with Crippen LogP contribution < -0.4 is 5.32 Å². The normalized spacial score (nSPS) is 19.1. The van der Waals surface area contributed by atoms with Gasteiger partial charge in [0.05, 0.1) is 23.8 Å². The molecule has 7 heteroatoms. The van der Waals surface area contributed by atoms with E-state index in [1.165, 1.54) is 0 Å². The third-order valence-corrected chi connectivity index (χ3v) is 4.03. The standard InChI is InChI=1S/C14H13BrF3N3/c15-10-4-9(14(16,17)18)5-11(6-10)21-8-19-7-13(21)12-2-1-3-20-12/h4-8,12,20H,1-3H2. The van der Waals surface area contributed by atoms with Gasteiger partial charge in [0.25, 0.3) is 0 Å². The predicted molar refractivity (Wildman–Crippen MR) is 76.2 cm³/mol. The first-order valence-corrected chi connectivity index (χ1v) is 7.38. The maximum absolute atomic E-state index is 12.9. The number of alkyl halides is 3. The number of rotatable bonds is 2. The van der Waals surface area contributed by atoms with Gasteiger partial charge in [-0.3, -0.25) is 0 Å². The van der Waals surface area contributed by atoms with E-state index in [4.69, 9.17) is 0 Å². The zero-order chi connectivity index (χ0) is 15.0. The van der Waals surface area contributed by atoms with E-state index in [0.29, 0.717) is 10.2 Å². The van der Waals surface area contributed by atoms with Gasteiger partial charge >= 0.3 is 6.18 Å². The topological polar surface area (TPSA) is 29.9 Å². The highest BCUT2D eigenvalue weighted by molar-refractivity contribution is 9.10. The first-order valence-electron chi connectivity index (χ1n) is 6.59. The summed E-state index contributed by atoms with van der Waals surface area (Å²) >= 11 is 3.15. The van der Waals surface area contributed by atoms with Gasteiger partial charge in [-0.15, -0.1) is 0 Å². The molecule has 1 aliphatic rings. The molecule has 1 atom stereocenters. The van der Waals surface area contributed by atoms with Gasteiger partial charge in [0.15, 0.2) is 0 Å². The fourth-order valence-electron chi connectivity index (χ4n) is 2.59. The van der Waals surface area contributed by atoms with Crippen LogP contribution in [0.25, 0.3) is 5.69 Å². The van der Waals surface area contributed by atoms with Crippen molar-refractivity contribution >= 4 is 15.9 Å². The summed E-state index contributed by atoms with van der Waals surface area (Å²) < 4.78 is 40.9. The SMILES string of the molecule is FC(F)(F)c1cc(Br)cc(-n2cncc2C2CCCN2)c1. The lowest BCUT2D eigenvalue weighted by atomic mass is 10.1. The van der Waals surface area contributed by atoms with Crippen LogP contribution in [0.4, 0.5) is 13.2 Å². The van der Waals surface area contributed by atoms with Crippen molar-refractivity contribution in [3.05, 3.63) is 46.5 Å². The lowest BCUT2D eigenvalue weighted by molar-refractivity contribution is -0.137. The molecule has 0 bridgehead atoms. The van der Waals surface area contributed by atoms with Crippen LogP contribution in [0.15, 0.2) is 35.2 Å². The molecule has 2 heterocycles. The molecule has 112 valence electrons. The van der Waals surface area contributed by atoms with E-state index < -0.39 is 11.7 Å². The van der Waals surface area contributed by atoms with Crippen LogP contribution in [-0.4, -0.2) is 16.1 Å². The molecule has 1 aromatic heterocycles. The number of imidazole rings is 1. The lowest BCUT2D eigenvalue weighted by Crippen LogP contribution is -2.16. The molecule has 0 spiro atoms. The molecule has 1 aromatic carbocycles. The van der Waals surface area contributed by atoms with E-state index in [1.807, 2.05) is 0 Å². The van der Waals surface area contributed by atoms with Crippen molar-refractivity contribution in [3.63, 3.8) is 0 Å². The van der Waals surface area contributed by atoms with Crippen LogP contribution in [0.5, 0.6) is 0 Å². The Morgan fingerprint density at radius 1 is 1.29 bits per heavy atom. The highest BCUT2D eigenvalue weighted by Crippen LogP contribution is 2.34. The molecule has 0 amide bonds. The molecular weight excluding hydrogens is 347 g/mol. The molecule has 2 aromatic rings. The summed E-state index contributed by atoms with van der Waals surface area (Å²) in [6.45, 7) is 0.919. The predicted octanol–water partition coefficient (Wildman–Crippen LogP) is 4.08. The van der Waals surface area contributed by atoms with Gasteiger partial charge in [-0.25, -0.2) is 4.98 Å². The van der Waals surface area contributed by atoms with Crippen molar-refractivity contribution in [2.24, 2.45) is 0 Å². The minimum Gasteiger partial charge on any atom is -0.309 e. The molecule has 1 aliphatic heterocycles. The van der Waals surface area contributed by atoms with Gasteiger partial charge in [0.2, 0.25) is 0 Å². The van der Waals surface area contributed by atoms with E-state index in [0.717, 1.165) is 37.2 Å². The highest BCUT2D eigenvalue weighted by Gasteiger charge is 2.31. The Bertz CT molecular complexity index is 645. The molecule has 3 rings (SSSR count). The number of hydrogen-bond acceptors (Lipinski definition) is 2. The molecule has 0 radical (unpaired) electrons. The van der Waals surface area contributed by atoms with Gasteiger partial charge in [0, 0.05) is 16.2 Å². The molecule has 1 saturated heterocycles. The summed E-state index contributed by atoms with van der Waals surface area (Å²) in [7, 11) is 0. The smallest absolute Gasteiger partial charge is 0.309 e. The molecule has 1 unspecified atom stereocenters. The van der Waals surface area contributed by atoms with Gasteiger partial charge < -0.3 is 9.88 Å². The maximum Gasteiger partial charge on any atom is 0.416 e. The van der Waals surface area contributed by atoms with Gasteiger partial charge in [-0.1, -0.05) is 15.9 Å². The van der Waals surface area contributed by atoms with Gasteiger partial charge in [-0.2, -0.15) is 13.2 Å². The second-order valence-corrected chi connectivity index (χ2v) is 5.95. The number of nitrogens with one attached hydrogen (secondary N) is 1. The fourth-order valence-corrected chi connectivity index (χ4v) is 3.07. The van der Waals surface area contributed by atoms with Crippen molar-refractivity contribution in [2.75, 3.05) is 6.54 Å². The first kappa shape index (κ1) is 14.6. The highest BCUT2D eigenvalue weighted by atomic mass is 79.9. The van der Waals surface area contributed by atoms with Crippen LogP contribution in [0.1, 0.15) is 30.1 Å². The summed E-state index contributed by atoms with van der Waals surface area (Å²) in [4.78, 5) is 4.09. The largest absolute Gasteiger partial charge is 0.416 e. The van der Waals surface area contributed by atoms with Crippen molar-refractivity contribution < 1.29 is 13.2 Å². The van der Waals surface area contributed by atoms with Crippen LogP contribution in [0, 0.1) is 0 Å². The van der Waals surface area contributed by atoms with E-state index >= 15 is 0 Å². The molecule has 21 heavy (non-hydrogen) atoms. The van der Waals surface area contributed by atoms with Crippen LogP contribution in [0.2, 0.25) is 0 Å². The molecular formula is C14H13BrF3N3. The zero-order valence-corrected chi connectivity index (χ0v) is 12.6. The fraction of sp³-hybridized carbons (Fsp3) is 0.357. The third kappa shape index (κ3) is 2.98. The Hall–Kier alpha value is -1.34. The second-order valence-electron chi connectivity index (χ2n) is 5.03. The van der Waals surface area contributed by atoms with Crippen molar-refractivity contribution in [1.29, 1.82) is 0 Å². The van der Waals surface area contributed by atoms with Crippen molar-refractivity contribution in [1.82, 2.24) is 14.9 Å². The molecule has 1 fully saturated rings. The Morgan fingerprint density at radius 3 is 2.76 bits per heavy atom. The van der Waals surface area contributed by atoms with Crippen LogP contribution >= 0.6 is 15.9 Å². The van der Waals surface area contributed by atoms with E-state index in [1.54, 1.807) is 23.2 Å². The van der Waals surface area contributed by atoms with E-state index in [-0.39, 0.29) is 6.04 Å². The maximum atomic E-state index is 12.9. The van der Waals surface area contributed by atoms with Gasteiger partial charge in [-0.05, 0) is 37.6 Å². The average molecular weight is 360 g/mol. The molecule has 1 N–H and O–H groups in total. The quantitative estimate of drug-likeness (QED) is 0.875. The molecule has 3 nitrogen and oxygen atoms in total. The average Bonchev–Trinajstić information content (AvgIpc) is 3.07. The Kier molecular flexibility index (Phi) is 3.79. The van der Waals surface area contributed by atoms with Crippen LogP contribution in [-0.2, 0) is 6.18 Å².